The van der Waals surface area contributed by atoms with Gasteiger partial charge in [0.15, 0.2) is 5.82 Å². The van der Waals surface area contributed by atoms with Gasteiger partial charge >= 0.3 is 0 Å². The van der Waals surface area contributed by atoms with Crippen LogP contribution < -0.4 is 10.5 Å². The highest BCUT2D eigenvalue weighted by atomic mass is 32.2. The van der Waals surface area contributed by atoms with Crippen LogP contribution in [0.3, 0.4) is 0 Å². The lowest BCUT2D eigenvalue weighted by Gasteiger charge is -2.06. The first kappa shape index (κ1) is 12.5. The van der Waals surface area contributed by atoms with Crippen LogP contribution in [0, 0.1) is 5.82 Å². The van der Waals surface area contributed by atoms with Crippen LogP contribution >= 0.6 is 0 Å². The van der Waals surface area contributed by atoms with Gasteiger partial charge in [-0.25, -0.2) is 17.9 Å². The summed E-state index contributed by atoms with van der Waals surface area (Å²) in [4.78, 5) is -0.272. The average molecular weight is 270 g/mol. The maximum atomic E-state index is 13.7. The third-order valence-electron chi connectivity index (χ3n) is 2.25. The second-order valence-corrected chi connectivity index (χ2v) is 5.25. The smallest absolute Gasteiger partial charge is 0.238 e. The molecule has 0 spiro atoms. The zero-order valence-corrected chi connectivity index (χ0v) is 10.3. The summed E-state index contributed by atoms with van der Waals surface area (Å²) < 4.78 is 37.3. The first-order chi connectivity index (χ1) is 8.36. The molecule has 0 atom stereocenters. The van der Waals surface area contributed by atoms with Gasteiger partial charge in [-0.3, -0.25) is 4.68 Å². The minimum Gasteiger partial charge on any atom is -0.336 e. The topological polar surface area (TPSA) is 90.0 Å². The molecule has 6 nitrogen and oxygen atoms in total. The lowest BCUT2D eigenvalue weighted by molar-refractivity contribution is 0.593. The first-order valence-electron chi connectivity index (χ1n) is 4.95. The van der Waals surface area contributed by atoms with Gasteiger partial charge in [-0.1, -0.05) is 0 Å². The highest BCUT2D eigenvalue weighted by Crippen LogP contribution is 2.21. The molecule has 1 heterocycles. The Labute approximate surface area is 103 Å². The molecule has 0 amide bonds. The van der Waals surface area contributed by atoms with Gasteiger partial charge in [0, 0.05) is 19.3 Å². The predicted molar refractivity (Wildman–Crippen MR) is 64.3 cm³/mol. The number of halogens is 1. The van der Waals surface area contributed by atoms with Gasteiger partial charge in [-0.05, 0) is 18.2 Å². The summed E-state index contributed by atoms with van der Waals surface area (Å²) in [6.07, 6.45) is 1.69. The molecule has 1 aromatic heterocycles. The van der Waals surface area contributed by atoms with E-state index < -0.39 is 15.8 Å². The standard InChI is InChI=1S/C10H11FN4O2S/c1-15-5-4-10(14-15)13-9-3-2-7(6-8(9)11)18(12,16)17/h2-6H,1H3,(H,13,14)(H2,12,16,17). The average Bonchev–Trinajstić information content (AvgIpc) is 2.65. The number of hydrogen-bond donors (Lipinski definition) is 2. The molecule has 0 radical (unpaired) electrons. The number of nitrogens with zero attached hydrogens (tertiary/aromatic N) is 2. The maximum Gasteiger partial charge on any atom is 0.238 e. The summed E-state index contributed by atoms with van der Waals surface area (Å²) in [7, 11) is -2.17. The highest BCUT2D eigenvalue weighted by molar-refractivity contribution is 7.89. The Morgan fingerprint density at radius 3 is 2.61 bits per heavy atom. The number of rotatable bonds is 3. The molecule has 2 aromatic rings. The van der Waals surface area contributed by atoms with Crippen LogP contribution in [0.1, 0.15) is 0 Å². The summed E-state index contributed by atoms with van der Waals surface area (Å²) >= 11 is 0. The molecular weight excluding hydrogens is 259 g/mol. The van der Waals surface area contributed by atoms with Crippen LogP contribution in [0.5, 0.6) is 0 Å². The fourth-order valence-corrected chi connectivity index (χ4v) is 1.92. The normalized spacial score (nSPS) is 11.5. The minimum absolute atomic E-state index is 0.126. The minimum atomic E-state index is -3.90. The zero-order chi connectivity index (χ0) is 13.3. The third-order valence-corrected chi connectivity index (χ3v) is 3.16. The lowest BCUT2D eigenvalue weighted by atomic mass is 10.3. The van der Waals surface area contributed by atoms with Crippen molar-refractivity contribution in [3.63, 3.8) is 0 Å². The van der Waals surface area contributed by atoms with Gasteiger partial charge in [0.25, 0.3) is 0 Å². The zero-order valence-electron chi connectivity index (χ0n) is 9.46. The molecule has 0 aliphatic heterocycles. The summed E-state index contributed by atoms with van der Waals surface area (Å²) in [6.45, 7) is 0. The molecule has 0 saturated carbocycles. The highest BCUT2D eigenvalue weighted by Gasteiger charge is 2.12. The first-order valence-corrected chi connectivity index (χ1v) is 6.50. The molecule has 0 unspecified atom stereocenters. The van der Waals surface area contributed by atoms with Gasteiger partial charge in [0.05, 0.1) is 10.6 Å². The number of hydrogen-bond acceptors (Lipinski definition) is 4. The van der Waals surface area contributed by atoms with Crippen molar-refractivity contribution in [3.05, 3.63) is 36.3 Å². The summed E-state index contributed by atoms with van der Waals surface area (Å²) in [6, 6.07) is 5.04. The molecule has 0 saturated heterocycles. The Morgan fingerprint density at radius 2 is 2.11 bits per heavy atom. The monoisotopic (exact) mass is 270 g/mol. The largest absolute Gasteiger partial charge is 0.336 e. The van der Waals surface area contributed by atoms with Crippen molar-refractivity contribution in [2.24, 2.45) is 12.2 Å². The van der Waals surface area contributed by atoms with Crippen LogP contribution in [0.15, 0.2) is 35.4 Å². The number of benzene rings is 1. The van der Waals surface area contributed by atoms with Crippen LogP contribution in [-0.2, 0) is 17.1 Å². The molecule has 0 aliphatic rings. The lowest BCUT2D eigenvalue weighted by Crippen LogP contribution is -2.12. The molecule has 1 aromatic carbocycles. The second kappa shape index (κ2) is 4.39. The number of anilines is 2. The van der Waals surface area contributed by atoms with E-state index in [1.54, 1.807) is 24.0 Å². The van der Waals surface area contributed by atoms with Crippen molar-refractivity contribution in [2.75, 3.05) is 5.32 Å². The molecule has 18 heavy (non-hydrogen) atoms. The van der Waals surface area contributed by atoms with Crippen molar-refractivity contribution in [3.8, 4) is 0 Å². The number of nitrogens with one attached hydrogen (secondary N) is 1. The second-order valence-electron chi connectivity index (χ2n) is 3.69. The number of aryl methyl sites for hydroxylation is 1. The fraction of sp³-hybridized carbons (Fsp3) is 0.100. The van der Waals surface area contributed by atoms with E-state index in [4.69, 9.17) is 5.14 Å². The van der Waals surface area contributed by atoms with E-state index in [2.05, 4.69) is 10.4 Å². The van der Waals surface area contributed by atoms with Gasteiger partial charge in [0.2, 0.25) is 10.0 Å². The van der Waals surface area contributed by atoms with Crippen molar-refractivity contribution >= 4 is 21.5 Å². The predicted octanol–water partition coefficient (Wildman–Crippen LogP) is 0.950. The van der Waals surface area contributed by atoms with Crippen molar-refractivity contribution < 1.29 is 12.8 Å². The third kappa shape index (κ3) is 2.66. The number of primary sulfonamides is 1. The Bertz CT molecular complexity index is 681. The number of nitrogens with two attached hydrogens (primary N) is 1. The maximum absolute atomic E-state index is 13.7. The molecule has 3 N–H and O–H groups in total. The van der Waals surface area contributed by atoms with Crippen LogP contribution in [0.25, 0.3) is 0 Å². The SMILES string of the molecule is Cn1ccc(Nc2ccc(S(N)(=O)=O)cc2F)n1. The van der Waals surface area contributed by atoms with Crippen LogP contribution in [0.4, 0.5) is 15.9 Å². The molecule has 8 heteroatoms. The summed E-state index contributed by atoms with van der Waals surface area (Å²) in [5.74, 6) is -0.257. The van der Waals surface area contributed by atoms with Crippen molar-refractivity contribution in [1.29, 1.82) is 0 Å². The number of aromatic nitrogens is 2. The van der Waals surface area contributed by atoms with Crippen LogP contribution in [-0.4, -0.2) is 18.2 Å². The van der Waals surface area contributed by atoms with E-state index in [0.29, 0.717) is 5.82 Å². The van der Waals surface area contributed by atoms with E-state index in [1.165, 1.54) is 12.1 Å². The molecule has 0 aliphatic carbocycles. The van der Waals surface area contributed by atoms with E-state index in [-0.39, 0.29) is 10.6 Å². The molecule has 0 bridgehead atoms. The van der Waals surface area contributed by atoms with Gasteiger partial charge < -0.3 is 5.32 Å². The van der Waals surface area contributed by atoms with Crippen molar-refractivity contribution in [2.45, 2.75) is 4.90 Å². The van der Waals surface area contributed by atoms with E-state index >= 15 is 0 Å². The Hall–Kier alpha value is -1.93. The van der Waals surface area contributed by atoms with Gasteiger partial charge in [-0.2, -0.15) is 5.10 Å². The summed E-state index contributed by atoms with van der Waals surface area (Å²) in [5.41, 5.74) is 0.126. The Balaban J connectivity index is 2.31. The van der Waals surface area contributed by atoms with E-state index in [1.807, 2.05) is 0 Å². The molecular formula is C10H11FN4O2S. The van der Waals surface area contributed by atoms with E-state index in [9.17, 15) is 12.8 Å². The fourth-order valence-electron chi connectivity index (χ4n) is 1.39. The van der Waals surface area contributed by atoms with Crippen LogP contribution in [0.2, 0.25) is 0 Å². The van der Waals surface area contributed by atoms with E-state index in [0.717, 1.165) is 6.07 Å². The Kier molecular flexibility index (Phi) is 3.05. The molecule has 96 valence electrons. The summed E-state index contributed by atoms with van der Waals surface area (Å²) in [5, 5.41) is 11.6. The molecule has 0 fully saturated rings. The Morgan fingerprint density at radius 1 is 1.39 bits per heavy atom. The quantitative estimate of drug-likeness (QED) is 0.868. The molecule has 2 rings (SSSR count). The van der Waals surface area contributed by atoms with Gasteiger partial charge in [-0.15, -0.1) is 0 Å². The van der Waals surface area contributed by atoms with Crippen molar-refractivity contribution in [1.82, 2.24) is 9.78 Å². The van der Waals surface area contributed by atoms with Gasteiger partial charge in [0.1, 0.15) is 5.82 Å². The number of sulfonamides is 1.